The van der Waals surface area contributed by atoms with Crippen LogP contribution in [0.5, 0.6) is 0 Å². The fourth-order valence-electron chi connectivity index (χ4n) is 3.64. The predicted octanol–water partition coefficient (Wildman–Crippen LogP) is 3.54. The van der Waals surface area contributed by atoms with Crippen molar-refractivity contribution in [2.75, 3.05) is 31.5 Å². The van der Waals surface area contributed by atoms with Gasteiger partial charge in [-0.25, -0.2) is 4.79 Å². The van der Waals surface area contributed by atoms with Gasteiger partial charge in [-0.05, 0) is 24.3 Å². The van der Waals surface area contributed by atoms with Crippen molar-refractivity contribution in [1.29, 1.82) is 0 Å². The lowest BCUT2D eigenvalue weighted by molar-refractivity contribution is -0.137. The Morgan fingerprint density at radius 1 is 0.906 bits per heavy atom. The number of pyridine rings is 1. The number of anilines is 1. The SMILES string of the molecule is O=C(Nc1cccc(C(F)(F)F)c1)N1CCN(C(=O)c2cc(=O)[nH]c3ccccc23)CC1. The smallest absolute Gasteiger partial charge is 0.335 e. The zero-order valence-corrected chi connectivity index (χ0v) is 16.8. The van der Waals surface area contributed by atoms with Crippen LogP contribution < -0.4 is 10.9 Å². The Hall–Kier alpha value is -3.82. The van der Waals surface area contributed by atoms with E-state index in [0.29, 0.717) is 10.9 Å². The summed E-state index contributed by atoms with van der Waals surface area (Å²) >= 11 is 0. The van der Waals surface area contributed by atoms with E-state index in [1.54, 1.807) is 29.2 Å². The Balaban J connectivity index is 1.42. The van der Waals surface area contributed by atoms with E-state index in [2.05, 4.69) is 10.3 Å². The number of aromatic nitrogens is 1. The van der Waals surface area contributed by atoms with Gasteiger partial charge in [0.2, 0.25) is 5.56 Å². The first kappa shape index (κ1) is 21.4. The summed E-state index contributed by atoms with van der Waals surface area (Å²) in [6, 6.07) is 12.1. The number of nitrogens with one attached hydrogen (secondary N) is 2. The van der Waals surface area contributed by atoms with E-state index in [1.165, 1.54) is 23.1 Å². The molecular formula is C22H19F3N4O3. The third kappa shape index (κ3) is 4.43. The third-order valence-electron chi connectivity index (χ3n) is 5.28. The molecule has 7 nitrogen and oxygen atoms in total. The fraction of sp³-hybridized carbons (Fsp3) is 0.227. The van der Waals surface area contributed by atoms with E-state index in [-0.39, 0.29) is 48.9 Å². The Kier molecular flexibility index (Phi) is 5.60. The summed E-state index contributed by atoms with van der Waals surface area (Å²) in [7, 11) is 0. The second-order valence-corrected chi connectivity index (χ2v) is 7.38. The lowest BCUT2D eigenvalue weighted by Crippen LogP contribution is -2.51. The minimum Gasteiger partial charge on any atom is -0.335 e. The van der Waals surface area contributed by atoms with Crippen LogP contribution in [0.1, 0.15) is 15.9 Å². The summed E-state index contributed by atoms with van der Waals surface area (Å²) in [6.07, 6.45) is -4.50. The zero-order valence-electron chi connectivity index (χ0n) is 16.8. The number of hydrogen-bond acceptors (Lipinski definition) is 3. The second-order valence-electron chi connectivity index (χ2n) is 7.38. The van der Waals surface area contributed by atoms with Gasteiger partial charge in [-0.15, -0.1) is 0 Å². The second kappa shape index (κ2) is 8.37. The van der Waals surface area contributed by atoms with E-state index < -0.39 is 17.8 Å². The molecule has 1 aliphatic rings. The maximum absolute atomic E-state index is 13.0. The molecule has 0 spiro atoms. The summed E-state index contributed by atoms with van der Waals surface area (Å²) in [4.78, 5) is 43.1. The molecule has 2 aromatic carbocycles. The van der Waals surface area contributed by atoms with Gasteiger partial charge in [-0.1, -0.05) is 24.3 Å². The molecule has 2 N–H and O–H groups in total. The van der Waals surface area contributed by atoms with E-state index in [1.807, 2.05) is 0 Å². The highest BCUT2D eigenvalue weighted by atomic mass is 19.4. The van der Waals surface area contributed by atoms with Crippen molar-refractivity contribution >= 4 is 28.5 Å². The number of H-pyrrole nitrogens is 1. The van der Waals surface area contributed by atoms with Crippen LogP contribution in [0, 0.1) is 0 Å². The van der Waals surface area contributed by atoms with E-state index in [0.717, 1.165) is 12.1 Å². The number of hydrogen-bond donors (Lipinski definition) is 2. The fourth-order valence-corrected chi connectivity index (χ4v) is 3.64. The van der Waals surface area contributed by atoms with E-state index >= 15 is 0 Å². The monoisotopic (exact) mass is 444 g/mol. The quantitative estimate of drug-likeness (QED) is 0.634. The highest BCUT2D eigenvalue weighted by Gasteiger charge is 2.31. The lowest BCUT2D eigenvalue weighted by atomic mass is 10.1. The molecule has 3 aromatic rings. The molecule has 0 unspecified atom stereocenters. The third-order valence-corrected chi connectivity index (χ3v) is 5.28. The maximum atomic E-state index is 13.0. The molecule has 166 valence electrons. The number of rotatable bonds is 2. The highest BCUT2D eigenvalue weighted by molar-refractivity contribution is 6.06. The summed E-state index contributed by atoms with van der Waals surface area (Å²) in [5.74, 6) is -0.315. The first-order valence-electron chi connectivity index (χ1n) is 9.87. The Morgan fingerprint density at radius 2 is 1.59 bits per heavy atom. The molecule has 0 saturated carbocycles. The van der Waals surface area contributed by atoms with Gasteiger partial charge >= 0.3 is 12.2 Å². The number of benzene rings is 2. The number of piperazine rings is 1. The molecule has 1 fully saturated rings. The number of nitrogens with zero attached hydrogens (tertiary/aromatic N) is 2. The number of alkyl halides is 3. The van der Waals surface area contributed by atoms with Crippen molar-refractivity contribution in [3.63, 3.8) is 0 Å². The Bertz CT molecular complexity index is 1230. The van der Waals surface area contributed by atoms with Crippen molar-refractivity contribution in [2.45, 2.75) is 6.18 Å². The van der Waals surface area contributed by atoms with Crippen LogP contribution in [-0.2, 0) is 6.18 Å². The number of para-hydroxylation sites is 1. The standard InChI is InChI=1S/C22H19F3N4O3/c23-22(24,25)14-4-3-5-15(12-14)26-21(32)29-10-8-28(9-11-29)20(31)17-13-19(30)27-18-7-2-1-6-16(17)18/h1-7,12-13H,8-11H2,(H,26,32)(H,27,30). The molecule has 3 amide bonds. The number of halogens is 3. The highest BCUT2D eigenvalue weighted by Crippen LogP contribution is 2.30. The number of carbonyl (C=O) groups excluding carboxylic acids is 2. The largest absolute Gasteiger partial charge is 0.416 e. The van der Waals surface area contributed by atoms with Gasteiger partial charge in [-0.3, -0.25) is 9.59 Å². The van der Waals surface area contributed by atoms with Crippen LogP contribution in [0.3, 0.4) is 0 Å². The lowest BCUT2D eigenvalue weighted by Gasteiger charge is -2.35. The van der Waals surface area contributed by atoms with Crippen LogP contribution in [0.25, 0.3) is 10.9 Å². The zero-order chi connectivity index (χ0) is 22.9. The molecule has 0 atom stereocenters. The van der Waals surface area contributed by atoms with Gasteiger partial charge in [-0.2, -0.15) is 13.2 Å². The molecule has 1 aromatic heterocycles. The molecule has 10 heteroatoms. The first-order valence-corrected chi connectivity index (χ1v) is 9.87. The van der Waals surface area contributed by atoms with Crippen LogP contribution in [0.4, 0.5) is 23.7 Å². The van der Waals surface area contributed by atoms with E-state index in [4.69, 9.17) is 0 Å². The van der Waals surface area contributed by atoms with Crippen molar-refractivity contribution in [1.82, 2.24) is 14.8 Å². The predicted molar refractivity (Wildman–Crippen MR) is 113 cm³/mol. The van der Waals surface area contributed by atoms with Gasteiger partial charge in [0, 0.05) is 48.8 Å². The van der Waals surface area contributed by atoms with Crippen molar-refractivity contribution in [3.05, 3.63) is 76.1 Å². The molecule has 0 bridgehead atoms. The summed E-state index contributed by atoms with van der Waals surface area (Å²) in [6.45, 7) is 0.876. The summed E-state index contributed by atoms with van der Waals surface area (Å²) in [5.41, 5.74) is -0.353. The van der Waals surface area contributed by atoms with Crippen LogP contribution in [0.2, 0.25) is 0 Å². The van der Waals surface area contributed by atoms with Crippen LogP contribution in [0.15, 0.2) is 59.4 Å². The number of carbonyl (C=O) groups is 2. The topological polar surface area (TPSA) is 85.5 Å². The molecule has 0 radical (unpaired) electrons. The van der Waals surface area contributed by atoms with Crippen molar-refractivity contribution in [3.8, 4) is 0 Å². The molecule has 0 aliphatic carbocycles. The number of urea groups is 1. The summed E-state index contributed by atoms with van der Waals surface area (Å²) in [5, 5.41) is 3.10. The molecule has 1 aliphatic heterocycles. The van der Waals surface area contributed by atoms with Crippen molar-refractivity contribution in [2.24, 2.45) is 0 Å². The number of fused-ring (bicyclic) bond motifs is 1. The normalized spacial score (nSPS) is 14.5. The van der Waals surface area contributed by atoms with Gasteiger partial charge in [0.1, 0.15) is 0 Å². The number of amides is 3. The van der Waals surface area contributed by atoms with E-state index in [9.17, 15) is 27.6 Å². The molecule has 4 rings (SSSR count). The summed E-state index contributed by atoms with van der Waals surface area (Å²) < 4.78 is 38.6. The van der Waals surface area contributed by atoms with Crippen LogP contribution >= 0.6 is 0 Å². The van der Waals surface area contributed by atoms with Gasteiger partial charge in [0.25, 0.3) is 5.91 Å². The minimum absolute atomic E-state index is 0.0401. The molecule has 1 saturated heterocycles. The average Bonchev–Trinajstić information content (AvgIpc) is 2.77. The minimum atomic E-state index is -4.50. The number of aromatic amines is 1. The molecule has 2 heterocycles. The first-order chi connectivity index (χ1) is 15.2. The van der Waals surface area contributed by atoms with Crippen LogP contribution in [-0.4, -0.2) is 52.9 Å². The Morgan fingerprint density at radius 3 is 2.31 bits per heavy atom. The maximum Gasteiger partial charge on any atom is 0.416 e. The van der Waals surface area contributed by atoms with Crippen molar-refractivity contribution < 1.29 is 22.8 Å². The Labute approximate surface area is 180 Å². The van der Waals surface area contributed by atoms with Gasteiger partial charge < -0.3 is 20.1 Å². The molecular weight excluding hydrogens is 425 g/mol. The van der Waals surface area contributed by atoms with Gasteiger partial charge in [0.15, 0.2) is 0 Å². The van der Waals surface area contributed by atoms with Gasteiger partial charge in [0.05, 0.1) is 11.1 Å². The average molecular weight is 444 g/mol. The molecule has 32 heavy (non-hydrogen) atoms.